The number of aromatic nitrogens is 1. The minimum atomic E-state index is -0.535. The Morgan fingerprint density at radius 1 is 1.40 bits per heavy atom. The van der Waals surface area contributed by atoms with Crippen LogP contribution in [0.2, 0.25) is 0 Å². The van der Waals surface area contributed by atoms with Gasteiger partial charge >= 0.3 is 0 Å². The van der Waals surface area contributed by atoms with Gasteiger partial charge in [-0.15, -0.1) is 0 Å². The van der Waals surface area contributed by atoms with Crippen molar-refractivity contribution < 1.29 is 4.79 Å². The lowest BCUT2D eigenvalue weighted by molar-refractivity contribution is -0.126. The number of nitrogens with zero attached hydrogens (tertiary/aromatic N) is 1. The Kier molecular flexibility index (Phi) is 3.80. The van der Waals surface area contributed by atoms with Crippen molar-refractivity contribution in [2.45, 2.75) is 25.9 Å². The number of rotatable bonds is 4. The van der Waals surface area contributed by atoms with Crippen LogP contribution in [0.5, 0.6) is 0 Å². The Morgan fingerprint density at radius 3 is 2.53 bits per heavy atom. The van der Waals surface area contributed by atoms with Crippen molar-refractivity contribution in [3.8, 4) is 0 Å². The van der Waals surface area contributed by atoms with Gasteiger partial charge in [-0.1, -0.05) is 0 Å². The predicted molar refractivity (Wildman–Crippen MR) is 59.2 cm³/mol. The van der Waals surface area contributed by atoms with Gasteiger partial charge in [-0.05, 0) is 38.6 Å². The Bertz CT molecular complexity index is 322. The van der Waals surface area contributed by atoms with E-state index < -0.39 is 5.54 Å². The van der Waals surface area contributed by atoms with E-state index in [1.54, 1.807) is 19.4 Å². The molecule has 2 N–H and O–H groups in total. The normalized spacial score (nSPS) is 11.1. The molecule has 0 radical (unpaired) electrons. The van der Waals surface area contributed by atoms with E-state index in [0.29, 0.717) is 6.54 Å². The molecular weight excluding hydrogens is 190 g/mol. The number of nitrogens with one attached hydrogen (secondary N) is 2. The first kappa shape index (κ1) is 11.7. The van der Waals surface area contributed by atoms with Crippen molar-refractivity contribution in [2.75, 3.05) is 7.05 Å². The third kappa shape index (κ3) is 3.32. The van der Waals surface area contributed by atoms with Gasteiger partial charge in [0.05, 0.1) is 5.54 Å². The van der Waals surface area contributed by atoms with E-state index in [0.717, 1.165) is 5.56 Å². The van der Waals surface area contributed by atoms with Crippen LogP contribution in [0.25, 0.3) is 0 Å². The summed E-state index contributed by atoms with van der Waals surface area (Å²) >= 11 is 0. The molecule has 0 aromatic carbocycles. The fraction of sp³-hybridized carbons (Fsp3) is 0.455. The van der Waals surface area contributed by atoms with Crippen LogP contribution >= 0.6 is 0 Å². The maximum atomic E-state index is 11.7. The van der Waals surface area contributed by atoms with Gasteiger partial charge in [0.25, 0.3) is 0 Å². The van der Waals surface area contributed by atoms with Crippen LogP contribution in [0.15, 0.2) is 24.5 Å². The molecular formula is C11H17N3O. The second kappa shape index (κ2) is 4.89. The Hall–Kier alpha value is -1.42. The van der Waals surface area contributed by atoms with Gasteiger partial charge in [-0.3, -0.25) is 9.78 Å². The molecule has 0 unspecified atom stereocenters. The molecule has 4 nitrogen and oxygen atoms in total. The lowest BCUT2D eigenvalue weighted by Gasteiger charge is -2.22. The summed E-state index contributed by atoms with van der Waals surface area (Å²) in [6.45, 7) is 4.22. The van der Waals surface area contributed by atoms with E-state index in [1.165, 1.54) is 0 Å². The standard InChI is InChI=1S/C11H17N3O/c1-11(2,12-3)10(15)14-8-9-4-6-13-7-5-9/h4-7,12H,8H2,1-3H3,(H,14,15). The summed E-state index contributed by atoms with van der Waals surface area (Å²) in [7, 11) is 1.77. The fourth-order valence-electron chi connectivity index (χ4n) is 1.02. The molecule has 0 bridgehead atoms. The summed E-state index contributed by atoms with van der Waals surface area (Å²) < 4.78 is 0. The van der Waals surface area contributed by atoms with E-state index in [2.05, 4.69) is 15.6 Å². The zero-order valence-corrected chi connectivity index (χ0v) is 9.37. The van der Waals surface area contributed by atoms with Crippen molar-refractivity contribution in [2.24, 2.45) is 0 Å². The fourth-order valence-corrected chi connectivity index (χ4v) is 1.02. The van der Waals surface area contributed by atoms with Crippen molar-refractivity contribution in [1.29, 1.82) is 0 Å². The van der Waals surface area contributed by atoms with Gasteiger partial charge in [-0.2, -0.15) is 0 Å². The van der Waals surface area contributed by atoms with Crippen LogP contribution in [0.1, 0.15) is 19.4 Å². The second-order valence-corrected chi connectivity index (χ2v) is 3.91. The average molecular weight is 207 g/mol. The molecule has 1 aromatic heterocycles. The van der Waals surface area contributed by atoms with E-state index in [4.69, 9.17) is 0 Å². The first-order chi connectivity index (χ1) is 7.06. The summed E-state index contributed by atoms with van der Waals surface area (Å²) in [5.41, 5.74) is 0.512. The molecule has 0 fully saturated rings. The summed E-state index contributed by atoms with van der Waals surface area (Å²) in [6, 6.07) is 3.76. The second-order valence-electron chi connectivity index (χ2n) is 3.91. The van der Waals surface area contributed by atoms with E-state index >= 15 is 0 Å². The number of likely N-dealkylation sites (N-methyl/N-ethyl adjacent to an activating group) is 1. The molecule has 0 atom stereocenters. The van der Waals surface area contributed by atoms with Crippen LogP contribution in [0.4, 0.5) is 0 Å². The van der Waals surface area contributed by atoms with Gasteiger partial charge < -0.3 is 10.6 Å². The molecule has 0 saturated carbocycles. The third-order valence-electron chi connectivity index (χ3n) is 2.40. The zero-order valence-electron chi connectivity index (χ0n) is 9.37. The molecule has 0 spiro atoms. The number of carbonyl (C=O) groups is 1. The van der Waals surface area contributed by atoms with Crippen molar-refractivity contribution in [3.63, 3.8) is 0 Å². The smallest absolute Gasteiger partial charge is 0.239 e. The van der Waals surface area contributed by atoms with Crippen LogP contribution < -0.4 is 10.6 Å². The van der Waals surface area contributed by atoms with Crippen molar-refractivity contribution in [1.82, 2.24) is 15.6 Å². The monoisotopic (exact) mass is 207 g/mol. The molecule has 82 valence electrons. The molecule has 0 saturated heterocycles. The van der Waals surface area contributed by atoms with Crippen LogP contribution in [0, 0.1) is 0 Å². The van der Waals surface area contributed by atoms with E-state index in [1.807, 2.05) is 26.0 Å². The van der Waals surface area contributed by atoms with Gasteiger partial charge in [0.1, 0.15) is 0 Å². The Labute approximate surface area is 90.1 Å². The topological polar surface area (TPSA) is 54.0 Å². The Balaban J connectivity index is 2.48. The number of amides is 1. The van der Waals surface area contributed by atoms with Crippen LogP contribution in [-0.4, -0.2) is 23.5 Å². The number of hydrogen-bond donors (Lipinski definition) is 2. The highest BCUT2D eigenvalue weighted by Gasteiger charge is 2.24. The van der Waals surface area contributed by atoms with Crippen molar-refractivity contribution >= 4 is 5.91 Å². The first-order valence-electron chi connectivity index (χ1n) is 4.92. The molecule has 1 aromatic rings. The van der Waals surface area contributed by atoms with Crippen molar-refractivity contribution in [3.05, 3.63) is 30.1 Å². The summed E-state index contributed by atoms with van der Waals surface area (Å²) in [5, 5.41) is 5.81. The molecule has 15 heavy (non-hydrogen) atoms. The Morgan fingerprint density at radius 2 is 2.00 bits per heavy atom. The number of carbonyl (C=O) groups excluding carboxylic acids is 1. The largest absolute Gasteiger partial charge is 0.350 e. The lowest BCUT2D eigenvalue weighted by atomic mass is 10.1. The molecule has 0 aliphatic heterocycles. The molecule has 4 heteroatoms. The average Bonchev–Trinajstić information content (AvgIpc) is 2.27. The highest BCUT2D eigenvalue weighted by molar-refractivity contribution is 5.85. The SMILES string of the molecule is CNC(C)(C)C(=O)NCc1ccncc1. The molecule has 1 amide bonds. The number of hydrogen-bond acceptors (Lipinski definition) is 3. The van der Waals surface area contributed by atoms with Crippen LogP contribution in [-0.2, 0) is 11.3 Å². The van der Waals surface area contributed by atoms with Crippen LogP contribution in [0.3, 0.4) is 0 Å². The van der Waals surface area contributed by atoms with Gasteiger partial charge in [0.15, 0.2) is 0 Å². The molecule has 1 heterocycles. The van der Waals surface area contributed by atoms with Gasteiger partial charge in [0.2, 0.25) is 5.91 Å². The first-order valence-corrected chi connectivity index (χ1v) is 4.92. The van der Waals surface area contributed by atoms with E-state index in [-0.39, 0.29) is 5.91 Å². The van der Waals surface area contributed by atoms with Gasteiger partial charge in [-0.25, -0.2) is 0 Å². The molecule has 1 rings (SSSR count). The minimum absolute atomic E-state index is 0.0122. The summed E-state index contributed by atoms with van der Waals surface area (Å²) in [6.07, 6.45) is 3.43. The minimum Gasteiger partial charge on any atom is -0.350 e. The molecule has 0 aliphatic rings. The zero-order chi connectivity index (χ0) is 11.3. The maximum absolute atomic E-state index is 11.7. The quantitative estimate of drug-likeness (QED) is 0.764. The molecule has 0 aliphatic carbocycles. The lowest BCUT2D eigenvalue weighted by Crippen LogP contribution is -2.50. The maximum Gasteiger partial charge on any atom is 0.239 e. The van der Waals surface area contributed by atoms with E-state index in [9.17, 15) is 4.79 Å². The number of pyridine rings is 1. The van der Waals surface area contributed by atoms with Gasteiger partial charge in [0, 0.05) is 18.9 Å². The predicted octanol–water partition coefficient (Wildman–Crippen LogP) is 0.696. The summed E-state index contributed by atoms with van der Waals surface area (Å²) in [4.78, 5) is 15.6. The third-order valence-corrected chi connectivity index (χ3v) is 2.40. The highest BCUT2D eigenvalue weighted by atomic mass is 16.2. The highest BCUT2D eigenvalue weighted by Crippen LogP contribution is 2.02. The summed E-state index contributed by atoms with van der Waals surface area (Å²) in [5.74, 6) is -0.0122.